The van der Waals surface area contributed by atoms with Crippen molar-refractivity contribution >= 4 is 5.82 Å². The van der Waals surface area contributed by atoms with Crippen molar-refractivity contribution in [3.63, 3.8) is 0 Å². The van der Waals surface area contributed by atoms with E-state index in [1.54, 1.807) is 13.3 Å². The fourth-order valence-electron chi connectivity index (χ4n) is 2.49. The molecule has 2 aromatic rings. The summed E-state index contributed by atoms with van der Waals surface area (Å²) < 4.78 is 5.33. The number of ether oxygens (including phenoxy) is 1. The quantitative estimate of drug-likeness (QED) is 0.866. The molecule has 0 aliphatic heterocycles. The van der Waals surface area contributed by atoms with Gasteiger partial charge >= 0.3 is 0 Å². The van der Waals surface area contributed by atoms with Crippen molar-refractivity contribution < 1.29 is 4.74 Å². The zero-order valence-corrected chi connectivity index (χ0v) is 10.4. The number of nitrogens with one attached hydrogen (secondary N) is 1. The van der Waals surface area contributed by atoms with Crippen LogP contribution in [0.15, 0.2) is 30.5 Å². The molecule has 0 bridgehead atoms. The van der Waals surface area contributed by atoms with Crippen molar-refractivity contribution in [2.75, 3.05) is 19.5 Å². The Morgan fingerprint density at radius 3 is 2.89 bits per heavy atom. The van der Waals surface area contributed by atoms with Gasteiger partial charge in [-0.2, -0.15) is 5.10 Å². The average molecular weight is 243 g/mol. The number of anilines is 1. The molecule has 1 aliphatic carbocycles. The first-order valence-corrected chi connectivity index (χ1v) is 6.14. The van der Waals surface area contributed by atoms with E-state index in [1.165, 1.54) is 18.4 Å². The largest absolute Gasteiger partial charge is 0.384 e. The molecule has 1 heterocycles. The van der Waals surface area contributed by atoms with Crippen molar-refractivity contribution in [3.05, 3.63) is 36.0 Å². The molecule has 0 spiro atoms. The molecule has 4 heteroatoms. The Kier molecular flexibility index (Phi) is 2.59. The minimum atomic E-state index is 0.225. The zero-order valence-electron chi connectivity index (χ0n) is 10.4. The minimum absolute atomic E-state index is 0.225. The second kappa shape index (κ2) is 4.14. The summed E-state index contributed by atoms with van der Waals surface area (Å²) in [6.45, 7) is 0.789. The SMILES string of the molecule is COCC1(c2cccc(-c3cn[nH]c3N)c2)CC1. The maximum atomic E-state index is 5.86. The van der Waals surface area contributed by atoms with E-state index in [9.17, 15) is 0 Å². The topological polar surface area (TPSA) is 63.9 Å². The van der Waals surface area contributed by atoms with Gasteiger partial charge in [-0.25, -0.2) is 0 Å². The standard InChI is InChI=1S/C14H17N3O/c1-18-9-14(5-6-14)11-4-2-3-10(7-11)12-8-16-17-13(12)15/h2-4,7-8H,5-6,9H2,1H3,(H3,15,16,17). The summed E-state index contributed by atoms with van der Waals surface area (Å²) in [7, 11) is 1.76. The smallest absolute Gasteiger partial charge is 0.126 e. The highest BCUT2D eigenvalue weighted by molar-refractivity contribution is 5.73. The van der Waals surface area contributed by atoms with Gasteiger partial charge in [0.1, 0.15) is 5.82 Å². The molecule has 1 aliphatic rings. The van der Waals surface area contributed by atoms with Crippen LogP contribution >= 0.6 is 0 Å². The fraction of sp³-hybridized carbons (Fsp3) is 0.357. The Labute approximate surface area is 106 Å². The predicted molar refractivity (Wildman–Crippen MR) is 71.2 cm³/mol. The van der Waals surface area contributed by atoms with Crippen LogP contribution in [0.3, 0.4) is 0 Å². The van der Waals surface area contributed by atoms with Gasteiger partial charge in [-0.05, 0) is 24.0 Å². The van der Waals surface area contributed by atoms with Gasteiger partial charge in [0.2, 0.25) is 0 Å². The molecular weight excluding hydrogens is 226 g/mol. The molecule has 4 nitrogen and oxygen atoms in total. The lowest BCUT2D eigenvalue weighted by molar-refractivity contribution is 0.171. The number of H-pyrrole nitrogens is 1. The average Bonchev–Trinajstić information content (AvgIpc) is 3.05. The molecule has 1 fully saturated rings. The molecule has 3 rings (SSSR count). The van der Waals surface area contributed by atoms with Gasteiger partial charge in [0, 0.05) is 18.1 Å². The number of aromatic nitrogens is 2. The van der Waals surface area contributed by atoms with Crippen LogP contribution in [0.25, 0.3) is 11.1 Å². The van der Waals surface area contributed by atoms with Crippen LogP contribution in [0, 0.1) is 0 Å². The van der Waals surface area contributed by atoms with E-state index < -0.39 is 0 Å². The molecule has 3 N–H and O–H groups in total. The summed E-state index contributed by atoms with van der Waals surface area (Å²) in [5.41, 5.74) is 9.50. The van der Waals surface area contributed by atoms with E-state index in [4.69, 9.17) is 10.5 Å². The van der Waals surface area contributed by atoms with E-state index in [2.05, 4.69) is 34.5 Å². The summed E-state index contributed by atoms with van der Waals surface area (Å²) in [5.74, 6) is 0.615. The Bertz CT molecular complexity index is 558. The summed E-state index contributed by atoms with van der Waals surface area (Å²) in [5, 5.41) is 6.74. The highest BCUT2D eigenvalue weighted by Gasteiger charge is 2.44. The van der Waals surface area contributed by atoms with Gasteiger partial charge in [-0.1, -0.05) is 24.3 Å². The third-order valence-corrected chi connectivity index (χ3v) is 3.73. The molecule has 1 aromatic carbocycles. The van der Waals surface area contributed by atoms with Gasteiger partial charge < -0.3 is 10.5 Å². The van der Waals surface area contributed by atoms with Crippen molar-refractivity contribution in [2.45, 2.75) is 18.3 Å². The van der Waals surface area contributed by atoms with Crippen LogP contribution < -0.4 is 5.73 Å². The summed E-state index contributed by atoms with van der Waals surface area (Å²) >= 11 is 0. The number of benzene rings is 1. The normalized spacial score (nSPS) is 16.7. The van der Waals surface area contributed by atoms with E-state index in [0.717, 1.165) is 17.7 Å². The molecule has 0 saturated heterocycles. The Balaban J connectivity index is 1.98. The van der Waals surface area contributed by atoms with Gasteiger partial charge in [0.05, 0.1) is 12.8 Å². The first-order valence-electron chi connectivity index (χ1n) is 6.14. The van der Waals surface area contributed by atoms with Crippen LogP contribution in [-0.2, 0) is 10.2 Å². The molecule has 18 heavy (non-hydrogen) atoms. The molecule has 0 amide bonds. The Morgan fingerprint density at radius 2 is 2.28 bits per heavy atom. The lowest BCUT2D eigenvalue weighted by Gasteiger charge is -2.15. The van der Waals surface area contributed by atoms with Crippen LogP contribution in [0.2, 0.25) is 0 Å². The maximum absolute atomic E-state index is 5.86. The van der Waals surface area contributed by atoms with Gasteiger partial charge in [0.25, 0.3) is 0 Å². The van der Waals surface area contributed by atoms with E-state index in [-0.39, 0.29) is 5.41 Å². The third-order valence-electron chi connectivity index (χ3n) is 3.73. The fourth-order valence-corrected chi connectivity index (χ4v) is 2.49. The van der Waals surface area contributed by atoms with Crippen molar-refractivity contribution in [3.8, 4) is 11.1 Å². The predicted octanol–water partition coefficient (Wildman–Crippen LogP) is 2.34. The molecular formula is C14H17N3O. The highest BCUT2D eigenvalue weighted by atomic mass is 16.5. The minimum Gasteiger partial charge on any atom is -0.384 e. The maximum Gasteiger partial charge on any atom is 0.126 e. The number of methoxy groups -OCH3 is 1. The monoisotopic (exact) mass is 243 g/mol. The molecule has 1 aromatic heterocycles. The van der Waals surface area contributed by atoms with E-state index >= 15 is 0 Å². The van der Waals surface area contributed by atoms with Gasteiger partial charge in [-0.15, -0.1) is 0 Å². The highest BCUT2D eigenvalue weighted by Crippen LogP contribution is 2.49. The molecule has 0 atom stereocenters. The number of hydrogen-bond acceptors (Lipinski definition) is 3. The van der Waals surface area contributed by atoms with Crippen molar-refractivity contribution in [2.24, 2.45) is 0 Å². The van der Waals surface area contributed by atoms with E-state index in [0.29, 0.717) is 5.82 Å². The third kappa shape index (κ3) is 1.78. The van der Waals surface area contributed by atoms with E-state index in [1.807, 2.05) is 0 Å². The van der Waals surface area contributed by atoms with Crippen molar-refractivity contribution in [1.82, 2.24) is 10.2 Å². The van der Waals surface area contributed by atoms with Crippen molar-refractivity contribution in [1.29, 1.82) is 0 Å². The first-order chi connectivity index (χ1) is 8.75. The van der Waals surface area contributed by atoms with Gasteiger partial charge in [-0.3, -0.25) is 5.10 Å². The Morgan fingerprint density at radius 1 is 1.44 bits per heavy atom. The second-order valence-electron chi connectivity index (χ2n) is 4.99. The number of rotatable bonds is 4. The lowest BCUT2D eigenvalue weighted by Crippen LogP contribution is -2.13. The zero-order chi connectivity index (χ0) is 12.6. The summed E-state index contributed by atoms with van der Waals surface area (Å²) in [6, 6.07) is 8.51. The first kappa shape index (κ1) is 11.3. The number of aromatic amines is 1. The van der Waals surface area contributed by atoms with Crippen LogP contribution in [0.5, 0.6) is 0 Å². The number of nitrogen functional groups attached to an aromatic ring is 1. The molecule has 0 unspecified atom stereocenters. The van der Waals surface area contributed by atoms with Crippen LogP contribution in [0.4, 0.5) is 5.82 Å². The summed E-state index contributed by atoms with van der Waals surface area (Å²) in [4.78, 5) is 0. The second-order valence-corrected chi connectivity index (χ2v) is 4.99. The lowest BCUT2D eigenvalue weighted by atomic mass is 9.94. The molecule has 1 saturated carbocycles. The van der Waals surface area contributed by atoms with Crippen LogP contribution in [0.1, 0.15) is 18.4 Å². The summed E-state index contributed by atoms with van der Waals surface area (Å²) in [6.07, 6.45) is 4.17. The molecule has 0 radical (unpaired) electrons. The number of nitrogens with two attached hydrogens (primary N) is 1. The number of hydrogen-bond donors (Lipinski definition) is 2. The number of nitrogens with zero attached hydrogens (tertiary/aromatic N) is 1. The van der Waals surface area contributed by atoms with Crippen LogP contribution in [-0.4, -0.2) is 23.9 Å². The van der Waals surface area contributed by atoms with Gasteiger partial charge in [0.15, 0.2) is 0 Å². The Hall–Kier alpha value is -1.81. The molecule has 94 valence electrons.